The number of halogens is 1. The van der Waals surface area contributed by atoms with Gasteiger partial charge in [-0.15, -0.1) is 0 Å². The molecule has 0 radical (unpaired) electrons. The summed E-state index contributed by atoms with van der Waals surface area (Å²) in [5.74, 6) is 0.152. The molecule has 0 amide bonds. The predicted molar refractivity (Wildman–Crippen MR) is 91.3 cm³/mol. The summed E-state index contributed by atoms with van der Waals surface area (Å²) < 4.78 is 13.0. The number of aliphatic hydroxyl groups excluding tert-OH is 1. The van der Waals surface area contributed by atoms with Crippen LogP contribution in [-0.4, -0.2) is 45.6 Å². The Kier molecular flexibility index (Phi) is 4.08. The molecule has 128 valence electrons. The average molecular weight is 329 g/mol. The standard InChI is InChI=1S/C19H24FN3O/c20-16-7-5-15(6-8-16)11-21-9-10-22-14-23(17-3-1-2-4-17)13-19(24)18(22)12-21/h5-8,12-13,17,24H,1-4,9-11,14H2. The van der Waals surface area contributed by atoms with Crippen LogP contribution in [0, 0.1) is 5.82 Å². The second-order valence-corrected chi connectivity index (χ2v) is 6.98. The van der Waals surface area contributed by atoms with Crippen LogP contribution in [0.3, 0.4) is 0 Å². The molecule has 1 N–H and O–H groups in total. The summed E-state index contributed by atoms with van der Waals surface area (Å²) in [6.07, 6.45) is 9.00. The van der Waals surface area contributed by atoms with E-state index in [4.69, 9.17) is 0 Å². The van der Waals surface area contributed by atoms with Crippen molar-refractivity contribution in [2.24, 2.45) is 0 Å². The van der Waals surface area contributed by atoms with Gasteiger partial charge in [-0.2, -0.15) is 0 Å². The zero-order valence-electron chi connectivity index (χ0n) is 13.9. The summed E-state index contributed by atoms with van der Waals surface area (Å²) in [6.45, 7) is 3.41. The summed E-state index contributed by atoms with van der Waals surface area (Å²) in [6, 6.07) is 7.20. The van der Waals surface area contributed by atoms with Crippen molar-refractivity contribution in [3.8, 4) is 0 Å². The minimum Gasteiger partial charge on any atom is -0.504 e. The van der Waals surface area contributed by atoms with Crippen molar-refractivity contribution in [1.82, 2.24) is 14.7 Å². The minimum atomic E-state index is -0.207. The van der Waals surface area contributed by atoms with Crippen molar-refractivity contribution in [2.75, 3.05) is 19.8 Å². The minimum absolute atomic E-state index is 0.207. The van der Waals surface area contributed by atoms with Crippen LogP contribution in [0.15, 0.2) is 48.1 Å². The number of fused-ring (bicyclic) bond motifs is 1. The third-order valence-corrected chi connectivity index (χ3v) is 5.28. The molecule has 3 aliphatic rings. The maximum absolute atomic E-state index is 13.0. The molecule has 4 rings (SSSR count). The summed E-state index contributed by atoms with van der Waals surface area (Å²) >= 11 is 0. The number of aliphatic hydroxyl groups is 1. The van der Waals surface area contributed by atoms with E-state index in [-0.39, 0.29) is 5.82 Å². The first kappa shape index (κ1) is 15.4. The molecule has 2 heterocycles. The Balaban J connectivity index is 1.48. The molecule has 0 unspecified atom stereocenters. The van der Waals surface area contributed by atoms with Crippen LogP contribution in [-0.2, 0) is 6.54 Å². The van der Waals surface area contributed by atoms with Gasteiger partial charge >= 0.3 is 0 Å². The van der Waals surface area contributed by atoms with E-state index in [1.54, 1.807) is 0 Å². The van der Waals surface area contributed by atoms with Crippen LogP contribution >= 0.6 is 0 Å². The lowest BCUT2D eigenvalue weighted by Gasteiger charge is -2.43. The maximum Gasteiger partial charge on any atom is 0.156 e. The molecule has 1 aliphatic carbocycles. The molecule has 0 spiro atoms. The van der Waals surface area contributed by atoms with Gasteiger partial charge in [-0.25, -0.2) is 4.39 Å². The number of hydrogen-bond acceptors (Lipinski definition) is 4. The molecule has 24 heavy (non-hydrogen) atoms. The van der Waals surface area contributed by atoms with Crippen molar-refractivity contribution < 1.29 is 9.50 Å². The van der Waals surface area contributed by atoms with E-state index < -0.39 is 0 Å². The lowest BCUT2D eigenvalue weighted by molar-refractivity contribution is 0.111. The first-order valence-corrected chi connectivity index (χ1v) is 8.81. The Bertz CT molecular complexity index is 649. The van der Waals surface area contributed by atoms with Crippen molar-refractivity contribution in [3.63, 3.8) is 0 Å². The van der Waals surface area contributed by atoms with Crippen LogP contribution in [0.1, 0.15) is 31.2 Å². The van der Waals surface area contributed by atoms with Crippen LogP contribution in [0.2, 0.25) is 0 Å². The van der Waals surface area contributed by atoms with Gasteiger partial charge in [0.25, 0.3) is 0 Å². The largest absolute Gasteiger partial charge is 0.504 e. The topological polar surface area (TPSA) is 30.0 Å². The van der Waals surface area contributed by atoms with Crippen molar-refractivity contribution in [1.29, 1.82) is 0 Å². The smallest absolute Gasteiger partial charge is 0.156 e. The fourth-order valence-corrected chi connectivity index (χ4v) is 3.93. The number of hydrogen-bond donors (Lipinski definition) is 1. The molecule has 0 saturated heterocycles. The Morgan fingerprint density at radius 3 is 2.54 bits per heavy atom. The Morgan fingerprint density at radius 2 is 1.79 bits per heavy atom. The molecule has 2 aliphatic heterocycles. The molecule has 4 nitrogen and oxygen atoms in total. The molecular weight excluding hydrogens is 305 g/mol. The fraction of sp³-hybridized carbons (Fsp3) is 0.474. The molecule has 0 atom stereocenters. The van der Waals surface area contributed by atoms with Gasteiger partial charge in [-0.3, -0.25) is 0 Å². The molecule has 1 saturated carbocycles. The summed E-state index contributed by atoms with van der Waals surface area (Å²) in [7, 11) is 0. The quantitative estimate of drug-likeness (QED) is 0.920. The fourth-order valence-electron chi connectivity index (χ4n) is 3.93. The SMILES string of the molecule is OC1=CN(C2CCCC2)CN2CCN(Cc3ccc(F)cc3)C=C12. The van der Waals surface area contributed by atoms with Gasteiger partial charge < -0.3 is 19.8 Å². The third kappa shape index (κ3) is 3.07. The van der Waals surface area contributed by atoms with Crippen LogP contribution in [0.4, 0.5) is 4.39 Å². The van der Waals surface area contributed by atoms with Gasteiger partial charge in [0.2, 0.25) is 0 Å². The average Bonchev–Trinajstić information content (AvgIpc) is 3.12. The van der Waals surface area contributed by atoms with Crippen LogP contribution in [0.5, 0.6) is 0 Å². The van der Waals surface area contributed by atoms with Gasteiger partial charge in [0, 0.05) is 38.1 Å². The highest BCUT2D eigenvalue weighted by Crippen LogP contribution is 2.30. The van der Waals surface area contributed by atoms with Gasteiger partial charge in [-0.1, -0.05) is 25.0 Å². The highest BCUT2D eigenvalue weighted by atomic mass is 19.1. The third-order valence-electron chi connectivity index (χ3n) is 5.28. The zero-order chi connectivity index (χ0) is 16.5. The normalized spacial score (nSPS) is 21.6. The Morgan fingerprint density at radius 1 is 1.04 bits per heavy atom. The summed E-state index contributed by atoms with van der Waals surface area (Å²) in [5, 5.41) is 10.5. The van der Waals surface area contributed by atoms with Gasteiger partial charge in [0.1, 0.15) is 5.82 Å². The van der Waals surface area contributed by atoms with E-state index >= 15 is 0 Å². The van der Waals surface area contributed by atoms with E-state index in [2.05, 4.69) is 14.7 Å². The van der Waals surface area contributed by atoms with Crippen molar-refractivity contribution >= 4 is 0 Å². The van der Waals surface area contributed by atoms with Crippen molar-refractivity contribution in [3.05, 3.63) is 59.5 Å². The molecule has 1 aromatic rings. The highest BCUT2D eigenvalue weighted by Gasteiger charge is 2.30. The second-order valence-electron chi connectivity index (χ2n) is 6.98. The highest BCUT2D eigenvalue weighted by molar-refractivity contribution is 5.28. The Labute approximate surface area is 142 Å². The van der Waals surface area contributed by atoms with E-state index in [1.807, 2.05) is 24.5 Å². The van der Waals surface area contributed by atoms with E-state index in [9.17, 15) is 9.50 Å². The number of rotatable bonds is 3. The number of benzene rings is 1. The van der Waals surface area contributed by atoms with E-state index in [0.29, 0.717) is 11.8 Å². The molecule has 0 bridgehead atoms. The number of nitrogens with zero attached hydrogens (tertiary/aromatic N) is 3. The monoisotopic (exact) mass is 329 g/mol. The lowest BCUT2D eigenvalue weighted by atomic mass is 10.1. The first-order chi connectivity index (χ1) is 11.7. The van der Waals surface area contributed by atoms with Gasteiger partial charge in [-0.05, 0) is 30.5 Å². The van der Waals surface area contributed by atoms with Gasteiger partial charge in [0.05, 0.1) is 12.4 Å². The Hall–Kier alpha value is -2.17. The molecule has 5 heteroatoms. The first-order valence-electron chi connectivity index (χ1n) is 8.81. The summed E-state index contributed by atoms with van der Waals surface area (Å²) in [4.78, 5) is 6.75. The lowest BCUT2D eigenvalue weighted by Crippen LogP contribution is -2.48. The maximum atomic E-state index is 13.0. The van der Waals surface area contributed by atoms with Gasteiger partial charge in [0.15, 0.2) is 5.76 Å². The summed E-state index contributed by atoms with van der Waals surface area (Å²) in [5.41, 5.74) is 1.98. The van der Waals surface area contributed by atoms with E-state index in [1.165, 1.54) is 37.8 Å². The van der Waals surface area contributed by atoms with Crippen molar-refractivity contribution in [2.45, 2.75) is 38.3 Å². The van der Waals surface area contributed by atoms with Crippen LogP contribution in [0.25, 0.3) is 0 Å². The molecular formula is C19H24FN3O. The zero-order valence-corrected chi connectivity index (χ0v) is 13.9. The second kappa shape index (κ2) is 6.38. The molecule has 0 aromatic heterocycles. The van der Waals surface area contributed by atoms with E-state index in [0.717, 1.165) is 37.6 Å². The molecule has 1 fully saturated rings. The predicted octanol–water partition coefficient (Wildman–Crippen LogP) is 3.40. The molecule has 1 aromatic carbocycles. The van der Waals surface area contributed by atoms with Crippen LogP contribution < -0.4 is 0 Å².